The molecule has 0 radical (unpaired) electrons. The number of carbonyl (C=O) groups excluding carboxylic acids is 2. The Morgan fingerprint density at radius 1 is 1.05 bits per heavy atom. The van der Waals surface area contributed by atoms with Gasteiger partial charge in [0.1, 0.15) is 12.1 Å². The molecule has 5 heteroatoms. The minimum absolute atomic E-state index is 0.151. The predicted molar refractivity (Wildman–Crippen MR) is 76.1 cm³/mol. The Morgan fingerprint density at radius 3 is 2.50 bits per heavy atom. The lowest BCUT2D eigenvalue weighted by Crippen LogP contribution is -2.66. The van der Waals surface area contributed by atoms with Gasteiger partial charge in [-0.2, -0.15) is 0 Å². The van der Waals surface area contributed by atoms with Crippen molar-refractivity contribution in [2.45, 2.75) is 51.2 Å². The van der Waals surface area contributed by atoms with Crippen molar-refractivity contribution in [2.24, 2.45) is 5.92 Å². The summed E-state index contributed by atoms with van der Waals surface area (Å²) >= 11 is 0. The number of hydrogen-bond donors (Lipinski definition) is 0. The maximum atomic E-state index is 12.8. The standard InChI is InChI=1S/C15H25N3O2/c1-10-9-16(3)8-6-12(10)18-11(2)14(19)17-7-4-5-13(17)15(18)20/h10-13H,4-9H2,1-3H3. The van der Waals surface area contributed by atoms with E-state index in [2.05, 4.69) is 18.9 Å². The molecule has 0 aliphatic carbocycles. The lowest BCUT2D eigenvalue weighted by molar-refractivity contribution is -0.163. The Labute approximate surface area is 120 Å². The number of nitrogens with zero attached hydrogens (tertiary/aromatic N) is 3. The quantitative estimate of drug-likeness (QED) is 0.704. The molecule has 0 aromatic rings. The van der Waals surface area contributed by atoms with Crippen LogP contribution in [0.25, 0.3) is 0 Å². The van der Waals surface area contributed by atoms with Crippen LogP contribution in [0.5, 0.6) is 0 Å². The van der Waals surface area contributed by atoms with Gasteiger partial charge in [-0.05, 0) is 45.7 Å². The topological polar surface area (TPSA) is 43.9 Å². The van der Waals surface area contributed by atoms with Gasteiger partial charge in [0.2, 0.25) is 11.8 Å². The Bertz CT molecular complexity index is 425. The first-order valence-electron chi connectivity index (χ1n) is 7.82. The number of likely N-dealkylation sites (tertiary alicyclic amines) is 1. The molecule has 3 aliphatic rings. The summed E-state index contributed by atoms with van der Waals surface area (Å²) in [5.74, 6) is 0.773. The molecule has 3 heterocycles. The van der Waals surface area contributed by atoms with Crippen molar-refractivity contribution in [3.05, 3.63) is 0 Å². The summed E-state index contributed by atoms with van der Waals surface area (Å²) in [5.41, 5.74) is 0. The van der Waals surface area contributed by atoms with Gasteiger partial charge in [0, 0.05) is 19.1 Å². The number of piperazine rings is 1. The van der Waals surface area contributed by atoms with Crippen molar-refractivity contribution in [3.8, 4) is 0 Å². The third kappa shape index (κ3) is 2.03. The van der Waals surface area contributed by atoms with E-state index in [9.17, 15) is 9.59 Å². The van der Waals surface area contributed by atoms with E-state index in [0.717, 1.165) is 38.9 Å². The molecule has 3 rings (SSSR count). The second-order valence-corrected chi connectivity index (χ2v) is 6.71. The van der Waals surface area contributed by atoms with Gasteiger partial charge in [-0.1, -0.05) is 6.92 Å². The van der Waals surface area contributed by atoms with Gasteiger partial charge in [0.15, 0.2) is 0 Å². The van der Waals surface area contributed by atoms with E-state index in [-0.39, 0.29) is 29.9 Å². The van der Waals surface area contributed by atoms with E-state index in [4.69, 9.17) is 0 Å². The van der Waals surface area contributed by atoms with E-state index < -0.39 is 0 Å². The number of carbonyl (C=O) groups is 2. The minimum Gasteiger partial charge on any atom is -0.329 e. The summed E-state index contributed by atoms with van der Waals surface area (Å²) in [7, 11) is 2.12. The average molecular weight is 279 g/mol. The Morgan fingerprint density at radius 2 is 1.80 bits per heavy atom. The maximum absolute atomic E-state index is 12.8. The van der Waals surface area contributed by atoms with Crippen molar-refractivity contribution < 1.29 is 9.59 Å². The van der Waals surface area contributed by atoms with Gasteiger partial charge in [0.25, 0.3) is 0 Å². The highest BCUT2D eigenvalue weighted by molar-refractivity contribution is 5.97. The SMILES string of the molecule is CC1CN(C)CCC1N1C(=O)C2CCCN2C(=O)C1C. The first-order chi connectivity index (χ1) is 9.50. The fraction of sp³-hybridized carbons (Fsp3) is 0.867. The molecule has 3 saturated heterocycles. The average Bonchev–Trinajstić information content (AvgIpc) is 2.88. The van der Waals surface area contributed by atoms with Gasteiger partial charge in [-0.15, -0.1) is 0 Å². The van der Waals surface area contributed by atoms with Crippen molar-refractivity contribution >= 4 is 11.8 Å². The molecule has 0 N–H and O–H groups in total. The van der Waals surface area contributed by atoms with E-state index >= 15 is 0 Å². The van der Waals surface area contributed by atoms with Crippen molar-refractivity contribution in [1.29, 1.82) is 0 Å². The molecule has 0 saturated carbocycles. The van der Waals surface area contributed by atoms with Crippen LogP contribution < -0.4 is 0 Å². The van der Waals surface area contributed by atoms with Gasteiger partial charge >= 0.3 is 0 Å². The highest BCUT2D eigenvalue weighted by atomic mass is 16.2. The van der Waals surface area contributed by atoms with Crippen LogP contribution in [0.2, 0.25) is 0 Å². The van der Waals surface area contributed by atoms with Crippen molar-refractivity contribution in [3.63, 3.8) is 0 Å². The van der Waals surface area contributed by atoms with Crippen molar-refractivity contribution in [2.75, 3.05) is 26.7 Å². The fourth-order valence-corrected chi connectivity index (χ4v) is 4.21. The Kier molecular flexibility index (Phi) is 3.48. The summed E-state index contributed by atoms with van der Waals surface area (Å²) < 4.78 is 0. The maximum Gasteiger partial charge on any atom is 0.246 e. The molecule has 3 fully saturated rings. The molecule has 20 heavy (non-hydrogen) atoms. The normalized spacial score (nSPS) is 39.4. The van der Waals surface area contributed by atoms with Crippen molar-refractivity contribution in [1.82, 2.24) is 14.7 Å². The largest absolute Gasteiger partial charge is 0.329 e. The molecule has 3 aliphatic heterocycles. The van der Waals surface area contributed by atoms with Gasteiger partial charge in [0.05, 0.1) is 0 Å². The highest BCUT2D eigenvalue weighted by Crippen LogP contribution is 2.32. The zero-order valence-electron chi connectivity index (χ0n) is 12.7. The van der Waals surface area contributed by atoms with E-state index in [1.807, 2.05) is 16.7 Å². The number of amides is 2. The molecule has 0 bridgehead atoms. The zero-order valence-corrected chi connectivity index (χ0v) is 12.7. The molecule has 0 spiro atoms. The molecule has 2 amide bonds. The van der Waals surface area contributed by atoms with Crippen LogP contribution in [0.15, 0.2) is 0 Å². The van der Waals surface area contributed by atoms with Crippen LogP contribution >= 0.6 is 0 Å². The second-order valence-electron chi connectivity index (χ2n) is 6.71. The van der Waals surface area contributed by atoms with Gasteiger partial charge in [-0.3, -0.25) is 9.59 Å². The van der Waals surface area contributed by atoms with Gasteiger partial charge < -0.3 is 14.7 Å². The molecule has 4 atom stereocenters. The lowest BCUT2D eigenvalue weighted by atomic mass is 9.89. The summed E-state index contributed by atoms with van der Waals surface area (Å²) in [4.78, 5) is 31.3. The van der Waals surface area contributed by atoms with Crippen LogP contribution in [0.3, 0.4) is 0 Å². The van der Waals surface area contributed by atoms with Crippen LogP contribution in [-0.2, 0) is 9.59 Å². The fourth-order valence-electron chi connectivity index (χ4n) is 4.21. The summed E-state index contributed by atoms with van der Waals surface area (Å²) in [5, 5.41) is 0. The molecule has 5 nitrogen and oxygen atoms in total. The predicted octanol–water partition coefficient (Wildman–Crippen LogP) is 0.548. The molecule has 0 aromatic heterocycles. The molecule has 0 aromatic carbocycles. The molecular formula is C15H25N3O2. The van der Waals surface area contributed by atoms with E-state index in [0.29, 0.717) is 5.92 Å². The number of hydrogen-bond acceptors (Lipinski definition) is 3. The first-order valence-corrected chi connectivity index (χ1v) is 7.82. The number of fused-ring (bicyclic) bond motifs is 1. The molecular weight excluding hydrogens is 254 g/mol. The van der Waals surface area contributed by atoms with Gasteiger partial charge in [-0.25, -0.2) is 0 Å². The molecule has 112 valence electrons. The summed E-state index contributed by atoms with van der Waals surface area (Å²) in [6.07, 6.45) is 2.79. The number of rotatable bonds is 1. The third-order valence-electron chi connectivity index (χ3n) is 5.27. The number of piperidine rings is 1. The second kappa shape index (κ2) is 5.02. The minimum atomic E-state index is -0.285. The Balaban J connectivity index is 1.84. The smallest absolute Gasteiger partial charge is 0.246 e. The van der Waals surface area contributed by atoms with Crippen LogP contribution in [-0.4, -0.2) is 71.3 Å². The summed E-state index contributed by atoms with van der Waals surface area (Å²) in [6.45, 7) is 6.87. The third-order valence-corrected chi connectivity index (χ3v) is 5.27. The van der Waals surface area contributed by atoms with Crippen LogP contribution in [0, 0.1) is 5.92 Å². The van der Waals surface area contributed by atoms with E-state index in [1.165, 1.54) is 0 Å². The first kappa shape index (κ1) is 13.9. The Hall–Kier alpha value is -1.10. The monoisotopic (exact) mass is 279 g/mol. The lowest BCUT2D eigenvalue weighted by Gasteiger charge is -2.48. The highest BCUT2D eigenvalue weighted by Gasteiger charge is 2.49. The van der Waals surface area contributed by atoms with E-state index in [1.54, 1.807) is 0 Å². The van der Waals surface area contributed by atoms with Crippen LogP contribution in [0.4, 0.5) is 0 Å². The van der Waals surface area contributed by atoms with Crippen LogP contribution in [0.1, 0.15) is 33.1 Å². The summed E-state index contributed by atoms with van der Waals surface area (Å²) in [6, 6.07) is -0.237. The zero-order chi connectivity index (χ0) is 14.4. The molecule has 4 unspecified atom stereocenters.